The molecule has 2 aliphatic rings. The first-order chi connectivity index (χ1) is 24.6. The predicted octanol–water partition coefficient (Wildman–Crippen LogP) is 8.21. The summed E-state index contributed by atoms with van der Waals surface area (Å²) in [7, 11) is 3.35. The van der Waals surface area contributed by atoms with Crippen LogP contribution in [0.4, 0.5) is 0 Å². The first-order valence-electron chi connectivity index (χ1n) is 16.6. The molecule has 0 amide bonds. The zero-order valence-corrected chi connectivity index (χ0v) is 29.2. The Morgan fingerprint density at radius 3 is 2.27 bits per heavy atom. The van der Waals surface area contributed by atoms with Gasteiger partial charge in [-0.05, 0) is 53.6 Å². The number of ether oxygens (including phenoxy) is 5. The van der Waals surface area contributed by atoms with Gasteiger partial charge in [0.1, 0.15) is 35.4 Å². The maximum absolute atomic E-state index is 6.69. The Kier molecular flexibility index (Phi) is 9.97. The molecule has 9 heteroatoms. The average Bonchev–Trinajstić information content (AvgIpc) is 3.54. The van der Waals surface area contributed by atoms with Crippen molar-refractivity contribution >= 4 is 0 Å². The summed E-state index contributed by atoms with van der Waals surface area (Å²) in [6.45, 7) is 4.09. The van der Waals surface area contributed by atoms with E-state index in [0.29, 0.717) is 42.7 Å². The number of fused-ring (bicyclic) bond motifs is 6. The molecule has 0 bridgehead atoms. The van der Waals surface area contributed by atoms with Gasteiger partial charge in [-0.15, -0.1) is 12.6 Å². The van der Waals surface area contributed by atoms with Crippen LogP contribution in [-0.4, -0.2) is 29.1 Å². The normalized spacial score (nSPS) is 15.2. The van der Waals surface area contributed by atoms with E-state index in [0.717, 1.165) is 50.6 Å². The standard InChI is InChI=1S/C42H36N3O5.Cu/c1-46-34-17-19-37-40(22-34)50-41-23-35(18-20-38(41)42(37)36-15-5-3-11-30(36)27-49-42)48-28-33-14-9-13-32(44-33)26-45(25-31-12-7-8-21-43-31)24-29-10-4-6-16-39(29)47-2;/h3-23,26H,24-25,27-28H2,1-2H3;/q-1;+2. The number of rotatable bonds is 11. The maximum Gasteiger partial charge on any atom is 2.00 e. The van der Waals surface area contributed by atoms with Gasteiger partial charge in [0.05, 0.1) is 32.2 Å². The van der Waals surface area contributed by atoms with Crippen molar-refractivity contribution in [2.45, 2.75) is 31.9 Å². The molecule has 2 aromatic heterocycles. The van der Waals surface area contributed by atoms with Gasteiger partial charge in [-0.3, -0.25) is 9.97 Å². The van der Waals surface area contributed by atoms with Crippen LogP contribution in [0.15, 0.2) is 128 Å². The molecule has 1 atom stereocenters. The number of methoxy groups -OCH3 is 2. The Hall–Kier alpha value is -5.31. The summed E-state index contributed by atoms with van der Waals surface area (Å²) < 4.78 is 30.7. The van der Waals surface area contributed by atoms with Crippen LogP contribution in [0, 0.1) is 6.54 Å². The first kappa shape index (κ1) is 34.2. The smallest absolute Gasteiger partial charge is 0.497 e. The van der Waals surface area contributed by atoms with Gasteiger partial charge in [0, 0.05) is 48.1 Å². The van der Waals surface area contributed by atoms with E-state index in [9.17, 15) is 0 Å². The Morgan fingerprint density at radius 1 is 0.725 bits per heavy atom. The molecule has 1 radical (unpaired) electrons. The van der Waals surface area contributed by atoms with E-state index in [4.69, 9.17) is 28.7 Å². The Morgan fingerprint density at radius 2 is 1.47 bits per heavy atom. The van der Waals surface area contributed by atoms with E-state index in [1.165, 1.54) is 0 Å². The van der Waals surface area contributed by atoms with Crippen LogP contribution in [0.3, 0.4) is 0 Å². The van der Waals surface area contributed by atoms with E-state index in [1.807, 2.05) is 103 Å². The van der Waals surface area contributed by atoms with Gasteiger partial charge in [0.15, 0.2) is 5.60 Å². The molecule has 0 saturated carbocycles. The SMILES string of the molecule is COc1ccc2c(c1)Oc1cc(OCc3cccc([CH-]N(Cc4ccccn4)Cc4ccccc4OC)n3)ccc1C21OCc2ccccc21.[Cu+2]. The van der Waals surface area contributed by atoms with Gasteiger partial charge in [-0.25, -0.2) is 0 Å². The van der Waals surface area contributed by atoms with Crippen molar-refractivity contribution in [3.63, 3.8) is 0 Å². The molecule has 8 nitrogen and oxygen atoms in total. The fraction of sp³-hybridized carbons (Fsp3) is 0.167. The van der Waals surface area contributed by atoms with Crippen LogP contribution in [0.25, 0.3) is 0 Å². The van der Waals surface area contributed by atoms with Crippen molar-refractivity contribution in [2.24, 2.45) is 0 Å². The number of para-hydroxylation sites is 1. The van der Waals surface area contributed by atoms with Gasteiger partial charge in [0.25, 0.3) is 0 Å². The van der Waals surface area contributed by atoms with Crippen LogP contribution in [0.2, 0.25) is 0 Å². The second kappa shape index (κ2) is 14.9. The van der Waals surface area contributed by atoms with Gasteiger partial charge in [-0.2, -0.15) is 6.07 Å². The number of hydrogen-bond donors (Lipinski definition) is 0. The number of pyridine rings is 2. The van der Waals surface area contributed by atoms with E-state index in [1.54, 1.807) is 14.2 Å². The van der Waals surface area contributed by atoms with E-state index in [-0.39, 0.29) is 23.7 Å². The third-order valence-electron chi connectivity index (χ3n) is 9.15. The summed E-state index contributed by atoms with van der Waals surface area (Å²) in [6, 6.07) is 40.2. The Balaban J connectivity index is 0.00000406. The molecule has 1 unspecified atom stereocenters. The van der Waals surface area contributed by atoms with Gasteiger partial charge in [0.2, 0.25) is 0 Å². The minimum Gasteiger partial charge on any atom is -0.497 e. The summed E-state index contributed by atoms with van der Waals surface area (Å²) in [6.07, 6.45) is 1.81. The second-order valence-electron chi connectivity index (χ2n) is 12.3. The first-order valence-corrected chi connectivity index (χ1v) is 16.6. The predicted molar refractivity (Wildman–Crippen MR) is 189 cm³/mol. The average molecular weight is 726 g/mol. The third kappa shape index (κ3) is 6.77. The monoisotopic (exact) mass is 725 g/mol. The number of hydrogen-bond acceptors (Lipinski definition) is 8. The molecular weight excluding hydrogens is 690 g/mol. The maximum atomic E-state index is 6.69. The molecule has 1 spiro atoms. The summed E-state index contributed by atoms with van der Waals surface area (Å²) in [5.41, 5.74) is 7.02. The minimum absolute atomic E-state index is 0. The van der Waals surface area contributed by atoms with E-state index >= 15 is 0 Å². The summed E-state index contributed by atoms with van der Waals surface area (Å²) >= 11 is 0. The Labute approximate surface area is 308 Å². The molecule has 0 saturated heterocycles. The third-order valence-corrected chi connectivity index (χ3v) is 9.15. The molecule has 8 rings (SSSR count). The molecule has 6 aromatic rings. The molecule has 2 aliphatic heterocycles. The second-order valence-corrected chi connectivity index (χ2v) is 12.3. The molecule has 0 N–H and O–H groups in total. The van der Waals surface area contributed by atoms with Crippen molar-refractivity contribution in [3.05, 3.63) is 179 Å². The zero-order chi connectivity index (χ0) is 33.9. The molecule has 4 aromatic carbocycles. The van der Waals surface area contributed by atoms with Gasteiger partial charge in [-0.1, -0.05) is 60.3 Å². The molecule has 259 valence electrons. The van der Waals surface area contributed by atoms with Crippen LogP contribution >= 0.6 is 0 Å². The van der Waals surface area contributed by atoms with Gasteiger partial charge >= 0.3 is 17.1 Å². The Bertz CT molecular complexity index is 2150. The van der Waals surface area contributed by atoms with Crippen molar-refractivity contribution in [1.29, 1.82) is 0 Å². The summed E-state index contributed by atoms with van der Waals surface area (Å²) in [4.78, 5) is 11.7. The van der Waals surface area contributed by atoms with Crippen molar-refractivity contribution in [3.8, 4) is 28.7 Å². The molecule has 0 aliphatic carbocycles. The van der Waals surface area contributed by atoms with Crippen molar-refractivity contribution < 1.29 is 40.8 Å². The zero-order valence-electron chi connectivity index (χ0n) is 28.2. The number of aromatic nitrogens is 2. The number of nitrogens with zero attached hydrogens (tertiary/aromatic N) is 3. The quantitative estimate of drug-likeness (QED) is 0.0978. The van der Waals surface area contributed by atoms with E-state index < -0.39 is 5.60 Å². The fourth-order valence-corrected chi connectivity index (χ4v) is 6.83. The van der Waals surface area contributed by atoms with Crippen LogP contribution in [0.5, 0.6) is 28.7 Å². The van der Waals surface area contributed by atoms with Crippen LogP contribution in [0.1, 0.15) is 44.9 Å². The summed E-state index contributed by atoms with van der Waals surface area (Å²) in [5, 5.41) is 0. The largest absolute Gasteiger partial charge is 2.00 e. The van der Waals surface area contributed by atoms with E-state index in [2.05, 4.69) is 40.7 Å². The fourth-order valence-electron chi connectivity index (χ4n) is 6.83. The molecule has 51 heavy (non-hydrogen) atoms. The van der Waals surface area contributed by atoms with Crippen LogP contribution < -0.4 is 18.9 Å². The van der Waals surface area contributed by atoms with Crippen molar-refractivity contribution in [2.75, 3.05) is 14.2 Å². The van der Waals surface area contributed by atoms with Crippen LogP contribution in [-0.2, 0) is 53.7 Å². The minimum atomic E-state index is -0.791. The van der Waals surface area contributed by atoms with Gasteiger partial charge < -0.3 is 28.6 Å². The molecular formula is C42H36CuN3O5+. The topological polar surface area (TPSA) is 75.2 Å². The summed E-state index contributed by atoms with van der Waals surface area (Å²) in [5.74, 6) is 3.59. The number of benzene rings is 4. The molecule has 4 heterocycles. The van der Waals surface area contributed by atoms with Crippen molar-refractivity contribution in [1.82, 2.24) is 14.9 Å². The molecule has 0 fully saturated rings.